The second kappa shape index (κ2) is 5.48. The molecule has 1 aliphatic heterocycles. The third-order valence-electron chi connectivity index (χ3n) is 3.67. The normalized spacial score (nSPS) is 22.6. The standard InChI is InChI=1S/C14H19N3O3/c1-8-3-4-17(11(5-8)14(19)20)12-7-10(13(15)18)6-9(2)16-12/h6-8,11H,3-5H2,1-2H3,(H2,15,18)(H,19,20). The minimum absolute atomic E-state index is 0.357. The van der Waals surface area contributed by atoms with E-state index in [2.05, 4.69) is 4.98 Å². The first-order valence-electron chi connectivity index (χ1n) is 6.66. The molecule has 0 saturated carbocycles. The first-order chi connectivity index (χ1) is 9.38. The lowest BCUT2D eigenvalue weighted by molar-refractivity contribution is -0.139. The van der Waals surface area contributed by atoms with E-state index in [-0.39, 0.29) is 0 Å². The van der Waals surface area contributed by atoms with Gasteiger partial charge in [0.25, 0.3) is 0 Å². The summed E-state index contributed by atoms with van der Waals surface area (Å²) in [4.78, 5) is 28.8. The molecular weight excluding hydrogens is 258 g/mol. The van der Waals surface area contributed by atoms with E-state index in [4.69, 9.17) is 5.73 Å². The van der Waals surface area contributed by atoms with E-state index in [0.29, 0.717) is 36.0 Å². The maximum absolute atomic E-state index is 11.4. The number of aryl methyl sites for hydroxylation is 1. The molecule has 2 rings (SSSR count). The molecule has 0 radical (unpaired) electrons. The molecule has 0 bridgehead atoms. The summed E-state index contributed by atoms with van der Waals surface area (Å²) in [5.41, 5.74) is 6.30. The molecule has 2 atom stereocenters. The van der Waals surface area contributed by atoms with Crippen LogP contribution in [0.5, 0.6) is 0 Å². The quantitative estimate of drug-likeness (QED) is 0.864. The van der Waals surface area contributed by atoms with Crippen LogP contribution in [0.4, 0.5) is 5.82 Å². The molecule has 0 aromatic carbocycles. The Morgan fingerprint density at radius 2 is 2.15 bits per heavy atom. The number of primary amides is 1. The van der Waals surface area contributed by atoms with Crippen LogP contribution in [0.1, 0.15) is 35.8 Å². The zero-order valence-corrected chi connectivity index (χ0v) is 11.7. The molecule has 1 fully saturated rings. The van der Waals surface area contributed by atoms with Crippen LogP contribution in [0.3, 0.4) is 0 Å². The van der Waals surface area contributed by atoms with Gasteiger partial charge in [0.1, 0.15) is 11.9 Å². The van der Waals surface area contributed by atoms with Gasteiger partial charge < -0.3 is 15.7 Å². The van der Waals surface area contributed by atoms with E-state index in [1.165, 1.54) is 0 Å². The van der Waals surface area contributed by atoms with Gasteiger partial charge in [-0.25, -0.2) is 9.78 Å². The fourth-order valence-corrected chi connectivity index (χ4v) is 2.59. The van der Waals surface area contributed by atoms with E-state index in [0.717, 1.165) is 6.42 Å². The first-order valence-corrected chi connectivity index (χ1v) is 6.66. The number of carbonyl (C=O) groups is 2. The molecular formula is C14H19N3O3. The first kappa shape index (κ1) is 14.3. The van der Waals surface area contributed by atoms with Gasteiger partial charge in [0, 0.05) is 17.8 Å². The van der Waals surface area contributed by atoms with Crippen LogP contribution in [0, 0.1) is 12.8 Å². The zero-order valence-electron chi connectivity index (χ0n) is 11.7. The molecule has 3 N–H and O–H groups in total. The number of carbonyl (C=O) groups excluding carboxylic acids is 1. The maximum atomic E-state index is 11.4. The van der Waals surface area contributed by atoms with Crippen molar-refractivity contribution in [2.45, 2.75) is 32.7 Å². The van der Waals surface area contributed by atoms with E-state index in [1.807, 2.05) is 6.92 Å². The SMILES string of the molecule is Cc1cc(C(N)=O)cc(N2CCC(C)CC2C(=O)O)n1. The van der Waals surface area contributed by atoms with E-state index in [1.54, 1.807) is 24.0 Å². The van der Waals surface area contributed by atoms with E-state index < -0.39 is 17.9 Å². The number of hydrogen-bond acceptors (Lipinski definition) is 4. The fourth-order valence-electron chi connectivity index (χ4n) is 2.59. The van der Waals surface area contributed by atoms with Gasteiger partial charge in [-0.15, -0.1) is 0 Å². The average molecular weight is 277 g/mol. The summed E-state index contributed by atoms with van der Waals surface area (Å²) in [6.07, 6.45) is 1.49. The molecule has 0 spiro atoms. The lowest BCUT2D eigenvalue weighted by Gasteiger charge is -2.37. The molecule has 1 aliphatic rings. The Morgan fingerprint density at radius 3 is 2.75 bits per heavy atom. The predicted molar refractivity (Wildman–Crippen MR) is 74.7 cm³/mol. The molecule has 0 aliphatic carbocycles. The number of pyridine rings is 1. The van der Waals surface area contributed by atoms with Gasteiger partial charge in [-0.3, -0.25) is 4.79 Å². The number of piperidine rings is 1. The number of nitrogens with two attached hydrogens (primary N) is 1. The Balaban J connectivity index is 2.38. The molecule has 6 heteroatoms. The molecule has 1 aromatic heterocycles. The summed E-state index contributed by atoms with van der Waals surface area (Å²) in [5.74, 6) is -0.514. The molecule has 2 unspecified atom stereocenters. The van der Waals surface area contributed by atoms with Crippen LogP contribution in [-0.2, 0) is 4.79 Å². The van der Waals surface area contributed by atoms with Crippen molar-refractivity contribution in [3.05, 3.63) is 23.4 Å². The highest BCUT2D eigenvalue weighted by molar-refractivity contribution is 5.93. The highest BCUT2D eigenvalue weighted by Crippen LogP contribution is 2.27. The molecule has 1 amide bonds. The fraction of sp³-hybridized carbons (Fsp3) is 0.500. The monoisotopic (exact) mass is 277 g/mol. The topological polar surface area (TPSA) is 96.5 Å². The number of aromatic nitrogens is 1. The summed E-state index contributed by atoms with van der Waals surface area (Å²) >= 11 is 0. The maximum Gasteiger partial charge on any atom is 0.326 e. The summed E-state index contributed by atoms with van der Waals surface area (Å²) in [6.45, 7) is 4.43. The largest absolute Gasteiger partial charge is 0.480 e. The number of nitrogens with zero attached hydrogens (tertiary/aromatic N) is 2. The molecule has 2 heterocycles. The third-order valence-corrected chi connectivity index (χ3v) is 3.67. The van der Waals surface area contributed by atoms with Crippen LogP contribution in [0.25, 0.3) is 0 Å². The van der Waals surface area contributed by atoms with Gasteiger partial charge in [0.2, 0.25) is 5.91 Å². The summed E-state index contributed by atoms with van der Waals surface area (Å²) in [6, 6.07) is 2.57. The van der Waals surface area contributed by atoms with E-state index in [9.17, 15) is 14.7 Å². The smallest absolute Gasteiger partial charge is 0.326 e. The number of anilines is 1. The number of carboxylic acid groups (broad SMARTS) is 1. The van der Waals surface area contributed by atoms with Crippen LogP contribution in [-0.4, -0.2) is 34.6 Å². The molecule has 20 heavy (non-hydrogen) atoms. The van der Waals surface area contributed by atoms with Crippen LogP contribution in [0.2, 0.25) is 0 Å². The third kappa shape index (κ3) is 2.89. The van der Waals surface area contributed by atoms with Crippen LogP contribution < -0.4 is 10.6 Å². The Labute approximate surface area is 117 Å². The Bertz CT molecular complexity index is 544. The molecule has 6 nitrogen and oxygen atoms in total. The average Bonchev–Trinajstić information content (AvgIpc) is 2.37. The second-order valence-electron chi connectivity index (χ2n) is 5.40. The second-order valence-corrected chi connectivity index (χ2v) is 5.40. The van der Waals surface area contributed by atoms with Crippen molar-refractivity contribution in [1.29, 1.82) is 0 Å². The number of amides is 1. The Hall–Kier alpha value is -2.11. The van der Waals surface area contributed by atoms with E-state index >= 15 is 0 Å². The van der Waals surface area contributed by atoms with Gasteiger partial charge in [-0.05, 0) is 37.8 Å². The Kier molecular flexibility index (Phi) is 3.92. The van der Waals surface area contributed by atoms with Gasteiger partial charge in [-0.1, -0.05) is 6.92 Å². The molecule has 108 valence electrons. The van der Waals surface area contributed by atoms with Crippen molar-refractivity contribution in [1.82, 2.24) is 4.98 Å². The van der Waals surface area contributed by atoms with Crippen molar-refractivity contribution in [2.24, 2.45) is 11.7 Å². The summed E-state index contributed by atoms with van der Waals surface area (Å²) < 4.78 is 0. The van der Waals surface area contributed by atoms with Crippen LogP contribution in [0.15, 0.2) is 12.1 Å². The highest BCUT2D eigenvalue weighted by atomic mass is 16.4. The number of hydrogen-bond donors (Lipinski definition) is 2. The number of aliphatic carboxylic acids is 1. The van der Waals surface area contributed by atoms with Crippen molar-refractivity contribution in [2.75, 3.05) is 11.4 Å². The molecule has 1 saturated heterocycles. The van der Waals surface area contributed by atoms with Crippen LogP contribution >= 0.6 is 0 Å². The van der Waals surface area contributed by atoms with Crippen molar-refractivity contribution in [3.63, 3.8) is 0 Å². The van der Waals surface area contributed by atoms with Crippen molar-refractivity contribution in [3.8, 4) is 0 Å². The summed E-state index contributed by atoms with van der Waals surface area (Å²) in [7, 11) is 0. The Morgan fingerprint density at radius 1 is 1.45 bits per heavy atom. The minimum atomic E-state index is -0.861. The van der Waals surface area contributed by atoms with Crippen molar-refractivity contribution >= 4 is 17.7 Å². The predicted octanol–water partition coefficient (Wildman–Crippen LogP) is 1.18. The highest BCUT2D eigenvalue weighted by Gasteiger charge is 2.32. The number of rotatable bonds is 3. The zero-order chi connectivity index (χ0) is 14.9. The lowest BCUT2D eigenvalue weighted by Crippen LogP contribution is -2.47. The minimum Gasteiger partial charge on any atom is -0.480 e. The lowest BCUT2D eigenvalue weighted by atomic mass is 9.92. The summed E-state index contributed by atoms with van der Waals surface area (Å²) in [5, 5.41) is 9.37. The van der Waals surface area contributed by atoms with Gasteiger partial charge >= 0.3 is 5.97 Å². The van der Waals surface area contributed by atoms with Gasteiger partial charge in [0.05, 0.1) is 0 Å². The van der Waals surface area contributed by atoms with Gasteiger partial charge in [0.15, 0.2) is 0 Å². The molecule has 1 aromatic rings. The van der Waals surface area contributed by atoms with Gasteiger partial charge in [-0.2, -0.15) is 0 Å². The number of carboxylic acids is 1. The van der Waals surface area contributed by atoms with Crippen molar-refractivity contribution < 1.29 is 14.7 Å².